The van der Waals surface area contributed by atoms with E-state index >= 15 is 0 Å². The van der Waals surface area contributed by atoms with Crippen LogP contribution in [0.2, 0.25) is 5.02 Å². The Morgan fingerprint density at radius 1 is 1.19 bits per heavy atom. The van der Waals surface area contributed by atoms with Gasteiger partial charge in [0.2, 0.25) is 5.55 Å². The number of ether oxygens (including phenoxy) is 3. The topological polar surface area (TPSA) is 82.3 Å². The van der Waals surface area contributed by atoms with E-state index in [1.807, 2.05) is 0 Å². The summed E-state index contributed by atoms with van der Waals surface area (Å²) in [6, 6.07) is 12.2. The number of halogens is 1. The molecular weight excluding hydrogens is 420 g/mol. The molecule has 0 saturated carbocycles. The molecule has 3 aromatic rings. The number of fused-ring (bicyclic) bond motifs is 1. The molecule has 162 valence electrons. The molecule has 8 heteroatoms. The first kappa shape index (κ1) is 21.2. The number of rotatable bonds is 6. The van der Waals surface area contributed by atoms with E-state index in [0.717, 1.165) is 19.4 Å². The third-order valence-electron chi connectivity index (χ3n) is 5.08. The Balaban J connectivity index is 1.78. The van der Waals surface area contributed by atoms with E-state index in [-0.39, 0.29) is 17.6 Å². The maximum absolute atomic E-state index is 13.0. The summed E-state index contributed by atoms with van der Waals surface area (Å²) in [5, 5.41) is 4.18. The van der Waals surface area contributed by atoms with E-state index in [0.29, 0.717) is 45.3 Å². The number of benzene rings is 2. The van der Waals surface area contributed by atoms with Crippen molar-refractivity contribution < 1.29 is 23.4 Å². The van der Waals surface area contributed by atoms with Gasteiger partial charge in [-0.15, -0.1) is 0 Å². The Bertz CT molecular complexity index is 1170. The minimum Gasteiger partial charge on any atom is -0.497 e. The molecule has 1 atom stereocenters. The second kappa shape index (κ2) is 9.41. The second-order valence-electron chi connectivity index (χ2n) is 7.14. The fourth-order valence-electron chi connectivity index (χ4n) is 3.44. The normalized spacial score (nSPS) is 16.5. The highest BCUT2D eigenvalue weighted by Gasteiger charge is 2.19. The fraction of sp³-hybridized carbons (Fsp3) is 0.304. The number of nitrogens with one attached hydrogen (secondary N) is 1. The van der Waals surface area contributed by atoms with Crippen molar-refractivity contribution in [2.24, 2.45) is 4.99 Å². The van der Waals surface area contributed by atoms with Crippen LogP contribution in [-0.4, -0.2) is 39.4 Å². The van der Waals surface area contributed by atoms with Crippen LogP contribution in [0, 0.1) is 0 Å². The zero-order valence-corrected chi connectivity index (χ0v) is 18.1. The highest BCUT2D eigenvalue weighted by Crippen LogP contribution is 2.31. The molecule has 2 heterocycles. The summed E-state index contributed by atoms with van der Waals surface area (Å²) in [6.45, 7) is 1.15. The lowest BCUT2D eigenvalue weighted by atomic mass is 10.1. The smallest absolute Gasteiger partial charge is 0.256 e. The van der Waals surface area contributed by atoms with Crippen molar-refractivity contribution in [2.75, 3.05) is 27.4 Å². The number of nitrogens with zero attached hydrogens (tertiary/aromatic N) is 1. The Hall–Kier alpha value is -3.03. The molecule has 1 fully saturated rings. The van der Waals surface area contributed by atoms with Crippen molar-refractivity contribution >= 4 is 34.2 Å². The van der Waals surface area contributed by atoms with Crippen LogP contribution in [0.5, 0.6) is 11.5 Å². The molecule has 2 aromatic carbocycles. The van der Waals surface area contributed by atoms with Crippen LogP contribution in [0.1, 0.15) is 23.2 Å². The predicted molar refractivity (Wildman–Crippen MR) is 117 cm³/mol. The summed E-state index contributed by atoms with van der Waals surface area (Å²) < 4.78 is 22.3. The van der Waals surface area contributed by atoms with Gasteiger partial charge in [-0.25, -0.2) is 4.99 Å². The first-order valence-corrected chi connectivity index (χ1v) is 10.3. The molecule has 1 aliphatic rings. The lowest BCUT2D eigenvalue weighted by Crippen LogP contribution is -2.34. The quantitative estimate of drug-likeness (QED) is 0.617. The molecule has 1 saturated heterocycles. The molecule has 0 radical (unpaired) electrons. The molecule has 31 heavy (non-hydrogen) atoms. The van der Waals surface area contributed by atoms with Crippen molar-refractivity contribution in [1.82, 2.24) is 5.32 Å². The van der Waals surface area contributed by atoms with E-state index in [9.17, 15) is 4.79 Å². The summed E-state index contributed by atoms with van der Waals surface area (Å²) in [5.74, 6) is 0.833. The van der Waals surface area contributed by atoms with E-state index in [4.69, 9.17) is 30.2 Å². The summed E-state index contributed by atoms with van der Waals surface area (Å²) in [4.78, 5) is 17.6. The summed E-state index contributed by atoms with van der Waals surface area (Å²) in [7, 11) is 3.12. The van der Waals surface area contributed by atoms with Crippen LogP contribution in [0.15, 0.2) is 51.9 Å². The minimum atomic E-state index is -0.299. The molecule has 7 nitrogen and oxygen atoms in total. The zero-order chi connectivity index (χ0) is 21.8. The Morgan fingerprint density at radius 2 is 2.06 bits per heavy atom. The number of hydrogen-bond acceptors (Lipinski definition) is 6. The third kappa shape index (κ3) is 4.84. The van der Waals surface area contributed by atoms with Gasteiger partial charge >= 0.3 is 0 Å². The SMILES string of the molecule is COc1ccc(N=c2oc3ccc(Cl)cc3cc2C(=O)NC[C@H]2CCCO2)c(OC)c1. The Kier molecular flexibility index (Phi) is 6.44. The number of carbonyl (C=O) groups is 1. The van der Waals surface area contributed by atoms with Gasteiger partial charge in [-0.3, -0.25) is 4.79 Å². The first-order chi connectivity index (χ1) is 15.1. The van der Waals surface area contributed by atoms with Crippen LogP contribution in [-0.2, 0) is 4.74 Å². The van der Waals surface area contributed by atoms with Gasteiger partial charge in [0.1, 0.15) is 28.3 Å². The predicted octanol–water partition coefficient (Wildman–Crippen LogP) is 4.24. The number of amides is 1. The van der Waals surface area contributed by atoms with Crippen LogP contribution in [0.4, 0.5) is 5.69 Å². The Morgan fingerprint density at radius 3 is 2.81 bits per heavy atom. The van der Waals surface area contributed by atoms with E-state index in [2.05, 4.69) is 10.3 Å². The van der Waals surface area contributed by atoms with E-state index < -0.39 is 0 Å². The van der Waals surface area contributed by atoms with E-state index in [1.165, 1.54) is 0 Å². The van der Waals surface area contributed by atoms with Gasteiger partial charge in [0.15, 0.2) is 0 Å². The van der Waals surface area contributed by atoms with Crippen LogP contribution >= 0.6 is 11.6 Å². The summed E-state index contributed by atoms with van der Waals surface area (Å²) in [6.07, 6.45) is 1.96. The van der Waals surface area contributed by atoms with Crippen molar-refractivity contribution in [3.05, 3.63) is 58.6 Å². The molecule has 0 bridgehead atoms. The van der Waals surface area contributed by atoms with Gasteiger partial charge in [-0.2, -0.15) is 0 Å². The minimum absolute atomic E-state index is 0.0258. The summed E-state index contributed by atoms with van der Waals surface area (Å²) in [5.41, 5.74) is 1.54. The van der Waals surface area contributed by atoms with Crippen molar-refractivity contribution in [3.63, 3.8) is 0 Å². The van der Waals surface area contributed by atoms with Gasteiger partial charge in [0, 0.05) is 29.6 Å². The van der Waals surface area contributed by atoms with Gasteiger partial charge in [0.05, 0.1) is 20.3 Å². The van der Waals surface area contributed by atoms with E-state index in [1.54, 1.807) is 56.7 Å². The molecule has 0 aliphatic carbocycles. The van der Waals surface area contributed by atoms with Crippen LogP contribution in [0.25, 0.3) is 11.0 Å². The molecule has 0 unspecified atom stereocenters. The zero-order valence-electron chi connectivity index (χ0n) is 17.3. The third-order valence-corrected chi connectivity index (χ3v) is 5.31. The highest BCUT2D eigenvalue weighted by atomic mass is 35.5. The molecule has 1 amide bonds. The molecule has 1 N–H and O–H groups in total. The maximum Gasteiger partial charge on any atom is 0.256 e. The lowest BCUT2D eigenvalue weighted by Gasteiger charge is -2.11. The van der Waals surface area contributed by atoms with Crippen LogP contribution in [0.3, 0.4) is 0 Å². The molecular formula is C23H23ClN2O5. The number of hydrogen-bond donors (Lipinski definition) is 1. The maximum atomic E-state index is 13.0. The van der Waals surface area contributed by atoms with Crippen LogP contribution < -0.4 is 20.3 Å². The van der Waals surface area contributed by atoms with Crippen molar-refractivity contribution in [2.45, 2.75) is 18.9 Å². The molecule has 1 aliphatic heterocycles. The average molecular weight is 443 g/mol. The largest absolute Gasteiger partial charge is 0.497 e. The molecule has 1 aromatic heterocycles. The second-order valence-corrected chi connectivity index (χ2v) is 7.58. The van der Waals surface area contributed by atoms with Crippen molar-refractivity contribution in [1.29, 1.82) is 0 Å². The molecule has 4 rings (SSSR count). The van der Waals surface area contributed by atoms with Gasteiger partial charge in [0.25, 0.3) is 5.91 Å². The summed E-state index contributed by atoms with van der Waals surface area (Å²) >= 11 is 6.12. The monoisotopic (exact) mass is 442 g/mol. The van der Waals surface area contributed by atoms with Crippen molar-refractivity contribution in [3.8, 4) is 11.5 Å². The number of methoxy groups -OCH3 is 2. The molecule has 0 spiro atoms. The Labute approximate surface area is 184 Å². The average Bonchev–Trinajstić information content (AvgIpc) is 3.31. The standard InChI is InChI=1S/C23H23ClN2O5/c1-28-16-6-7-19(21(12-16)29-2)26-23-18(22(27)25-13-17-4-3-9-30-17)11-14-10-15(24)5-8-20(14)31-23/h5-8,10-12,17H,3-4,9,13H2,1-2H3,(H,25,27)/t17-/m1/s1. The van der Waals surface area contributed by atoms with Gasteiger partial charge < -0.3 is 23.9 Å². The van der Waals surface area contributed by atoms with Gasteiger partial charge in [-0.05, 0) is 49.2 Å². The lowest BCUT2D eigenvalue weighted by molar-refractivity contribution is 0.0854. The first-order valence-electron chi connectivity index (χ1n) is 9.97. The van der Waals surface area contributed by atoms with Gasteiger partial charge in [-0.1, -0.05) is 11.6 Å². The number of carbonyl (C=O) groups excluding carboxylic acids is 1. The highest BCUT2D eigenvalue weighted by molar-refractivity contribution is 6.31. The fourth-order valence-corrected chi connectivity index (χ4v) is 3.62.